The van der Waals surface area contributed by atoms with E-state index in [1.165, 1.54) is 11.1 Å². The van der Waals surface area contributed by atoms with Gasteiger partial charge in [-0.1, -0.05) is 0 Å². The number of carbonyl (C=O) groups is 1. The molecule has 128 valence electrons. The first kappa shape index (κ1) is 16.7. The van der Waals surface area contributed by atoms with Crippen molar-refractivity contribution in [3.63, 3.8) is 0 Å². The third-order valence-corrected chi connectivity index (χ3v) is 4.87. The van der Waals surface area contributed by atoms with Crippen LogP contribution in [0.2, 0.25) is 0 Å². The lowest BCUT2D eigenvalue weighted by Gasteiger charge is -2.20. The summed E-state index contributed by atoms with van der Waals surface area (Å²) in [6.07, 6.45) is 2.31. The zero-order valence-electron chi connectivity index (χ0n) is 14.4. The fourth-order valence-electron chi connectivity index (χ4n) is 3.45. The third-order valence-electron chi connectivity index (χ3n) is 4.87. The lowest BCUT2D eigenvalue weighted by molar-refractivity contribution is -0.142. The molecule has 1 aliphatic heterocycles. The Morgan fingerprint density at radius 2 is 2.12 bits per heavy atom. The number of hydrogen-bond acceptors (Lipinski definition) is 4. The van der Waals surface area contributed by atoms with E-state index in [1.807, 2.05) is 12.3 Å². The molecule has 0 aromatic carbocycles. The van der Waals surface area contributed by atoms with Crippen LogP contribution in [0, 0.1) is 20.8 Å². The molecule has 1 saturated heterocycles. The fraction of sp³-hybridized carbons (Fsp3) is 0.444. The monoisotopic (exact) mass is 328 g/mol. The molecule has 6 heteroatoms. The quantitative estimate of drug-likeness (QED) is 0.894. The van der Waals surface area contributed by atoms with Crippen molar-refractivity contribution in [3.8, 4) is 5.82 Å². The number of nitrogens with zero attached hydrogens (tertiary/aromatic N) is 3. The normalized spacial score (nSPS) is 21.3. The van der Waals surface area contributed by atoms with Gasteiger partial charge < -0.3 is 15.4 Å². The number of rotatable bonds is 4. The molecule has 3 rings (SSSR count). The highest BCUT2D eigenvalue weighted by molar-refractivity contribution is 5.79. The van der Waals surface area contributed by atoms with Gasteiger partial charge in [0.05, 0.1) is 0 Å². The lowest BCUT2D eigenvalue weighted by atomic mass is 10.0. The van der Waals surface area contributed by atoms with Gasteiger partial charge in [-0.05, 0) is 56.5 Å². The van der Waals surface area contributed by atoms with Crippen LogP contribution in [-0.4, -0.2) is 44.2 Å². The Labute approximate surface area is 141 Å². The summed E-state index contributed by atoms with van der Waals surface area (Å²) in [6.45, 7) is 7.99. The number of aromatic nitrogens is 2. The van der Waals surface area contributed by atoms with Crippen molar-refractivity contribution in [3.05, 3.63) is 46.9 Å². The summed E-state index contributed by atoms with van der Waals surface area (Å²) in [7, 11) is 0. The molecule has 2 aromatic rings. The molecule has 0 amide bonds. The van der Waals surface area contributed by atoms with Crippen molar-refractivity contribution in [2.24, 2.45) is 5.73 Å². The molecule has 1 aliphatic rings. The molecule has 0 radical (unpaired) electrons. The number of aliphatic carboxylic acids is 1. The highest BCUT2D eigenvalue weighted by atomic mass is 16.4. The second-order valence-electron chi connectivity index (χ2n) is 6.85. The first-order valence-electron chi connectivity index (χ1n) is 8.16. The predicted molar refractivity (Wildman–Crippen MR) is 92.2 cm³/mol. The van der Waals surface area contributed by atoms with Gasteiger partial charge in [-0.3, -0.25) is 9.69 Å². The Balaban J connectivity index is 1.84. The van der Waals surface area contributed by atoms with Crippen LogP contribution in [0.1, 0.15) is 28.9 Å². The highest BCUT2D eigenvalue weighted by Gasteiger charge is 2.41. The molecule has 2 aromatic heterocycles. The molecular formula is C18H24N4O2. The molecule has 6 nitrogen and oxygen atoms in total. The van der Waals surface area contributed by atoms with Crippen molar-refractivity contribution in [1.29, 1.82) is 0 Å². The van der Waals surface area contributed by atoms with Crippen molar-refractivity contribution >= 4 is 5.97 Å². The Bertz CT molecular complexity index is 783. The third kappa shape index (κ3) is 2.95. The summed E-state index contributed by atoms with van der Waals surface area (Å²) in [4.78, 5) is 17.9. The van der Waals surface area contributed by atoms with Crippen LogP contribution in [0.4, 0.5) is 0 Å². The summed E-state index contributed by atoms with van der Waals surface area (Å²) in [5.74, 6) is -0.00388. The van der Waals surface area contributed by atoms with Gasteiger partial charge in [0, 0.05) is 37.2 Å². The molecule has 0 aliphatic carbocycles. The van der Waals surface area contributed by atoms with E-state index in [2.05, 4.69) is 47.4 Å². The second-order valence-corrected chi connectivity index (χ2v) is 6.85. The lowest BCUT2D eigenvalue weighted by Crippen LogP contribution is -2.50. The Morgan fingerprint density at radius 1 is 1.38 bits per heavy atom. The summed E-state index contributed by atoms with van der Waals surface area (Å²) in [5, 5.41) is 9.27. The first-order valence-corrected chi connectivity index (χ1v) is 8.16. The zero-order valence-corrected chi connectivity index (χ0v) is 14.4. The molecule has 0 saturated carbocycles. The van der Waals surface area contributed by atoms with E-state index in [0.29, 0.717) is 26.1 Å². The average molecular weight is 328 g/mol. The first-order chi connectivity index (χ1) is 11.3. The molecule has 3 heterocycles. The van der Waals surface area contributed by atoms with Gasteiger partial charge in [-0.2, -0.15) is 0 Å². The van der Waals surface area contributed by atoms with E-state index in [9.17, 15) is 9.90 Å². The number of nitrogens with two attached hydrogens (primary N) is 1. The van der Waals surface area contributed by atoms with E-state index in [1.54, 1.807) is 0 Å². The molecular weight excluding hydrogens is 304 g/mol. The maximum Gasteiger partial charge on any atom is 0.325 e. The van der Waals surface area contributed by atoms with Gasteiger partial charge in [0.2, 0.25) is 0 Å². The Hall–Kier alpha value is -2.18. The molecule has 1 fully saturated rings. The minimum absolute atomic E-state index is 0.384. The highest BCUT2D eigenvalue weighted by Crippen LogP contribution is 2.25. The average Bonchev–Trinajstić information content (AvgIpc) is 3.01. The summed E-state index contributed by atoms with van der Waals surface area (Å²) < 4.78 is 2.14. The van der Waals surface area contributed by atoms with Gasteiger partial charge in [-0.15, -0.1) is 0 Å². The van der Waals surface area contributed by atoms with E-state index in [0.717, 1.165) is 17.2 Å². The van der Waals surface area contributed by atoms with Crippen molar-refractivity contribution in [2.75, 3.05) is 13.1 Å². The smallest absolute Gasteiger partial charge is 0.325 e. The Kier molecular flexibility index (Phi) is 4.19. The van der Waals surface area contributed by atoms with E-state index in [4.69, 9.17) is 5.73 Å². The van der Waals surface area contributed by atoms with Crippen molar-refractivity contribution in [1.82, 2.24) is 14.5 Å². The van der Waals surface area contributed by atoms with Gasteiger partial charge in [0.25, 0.3) is 0 Å². The molecule has 1 unspecified atom stereocenters. The number of carboxylic acids is 1. The van der Waals surface area contributed by atoms with Crippen molar-refractivity contribution < 1.29 is 9.90 Å². The van der Waals surface area contributed by atoms with Gasteiger partial charge in [0.15, 0.2) is 0 Å². The molecule has 0 bridgehead atoms. The van der Waals surface area contributed by atoms with Crippen LogP contribution in [0.5, 0.6) is 0 Å². The summed E-state index contributed by atoms with van der Waals surface area (Å²) in [6, 6.07) is 6.20. The number of aryl methyl sites for hydroxylation is 2. The maximum atomic E-state index is 11.3. The fourth-order valence-corrected chi connectivity index (χ4v) is 3.45. The second kappa shape index (κ2) is 6.03. The van der Waals surface area contributed by atoms with E-state index >= 15 is 0 Å². The number of hydrogen-bond donors (Lipinski definition) is 2. The SMILES string of the molecule is Cc1ccnc(-n2c(C)cc(CN3CCC(N)(C(=O)O)C3)c2C)c1. The Morgan fingerprint density at radius 3 is 2.75 bits per heavy atom. The van der Waals surface area contributed by atoms with E-state index < -0.39 is 11.5 Å². The van der Waals surface area contributed by atoms with Crippen molar-refractivity contribution in [2.45, 2.75) is 39.3 Å². The zero-order chi connectivity index (χ0) is 17.5. The van der Waals surface area contributed by atoms with Crippen LogP contribution in [-0.2, 0) is 11.3 Å². The maximum absolute atomic E-state index is 11.3. The van der Waals surface area contributed by atoms with Crippen LogP contribution in [0.15, 0.2) is 24.4 Å². The van der Waals surface area contributed by atoms with Gasteiger partial charge in [-0.25, -0.2) is 4.98 Å². The minimum atomic E-state index is -1.12. The number of likely N-dealkylation sites (tertiary alicyclic amines) is 1. The number of pyridine rings is 1. The standard InChI is InChI=1S/C18H24N4O2/c1-12-4-6-20-16(8-12)22-13(2)9-15(14(22)3)10-21-7-5-18(19,11-21)17(23)24/h4,6,8-9H,5,7,10-11,19H2,1-3H3,(H,23,24). The molecule has 24 heavy (non-hydrogen) atoms. The van der Waals surface area contributed by atoms with Crippen LogP contribution in [0.25, 0.3) is 5.82 Å². The topological polar surface area (TPSA) is 84.4 Å². The van der Waals surface area contributed by atoms with Crippen LogP contribution >= 0.6 is 0 Å². The summed E-state index contributed by atoms with van der Waals surface area (Å²) >= 11 is 0. The summed E-state index contributed by atoms with van der Waals surface area (Å²) in [5.41, 5.74) is 9.46. The predicted octanol–water partition coefficient (Wildman–Crippen LogP) is 1.79. The minimum Gasteiger partial charge on any atom is -0.480 e. The molecule has 0 spiro atoms. The number of carboxylic acid groups (broad SMARTS) is 1. The molecule has 1 atom stereocenters. The van der Waals surface area contributed by atoms with Gasteiger partial charge >= 0.3 is 5.97 Å². The molecule has 3 N–H and O–H groups in total. The van der Waals surface area contributed by atoms with E-state index in [-0.39, 0.29) is 0 Å². The van der Waals surface area contributed by atoms with Crippen LogP contribution < -0.4 is 5.73 Å². The largest absolute Gasteiger partial charge is 0.480 e. The van der Waals surface area contributed by atoms with Gasteiger partial charge in [0.1, 0.15) is 11.4 Å². The van der Waals surface area contributed by atoms with Crippen LogP contribution in [0.3, 0.4) is 0 Å².